The van der Waals surface area contributed by atoms with E-state index in [2.05, 4.69) is 23.5 Å². The zero-order valence-corrected chi connectivity index (χ0v) is 12.9. The summed E-state index contributed by atoms with van der Waals surface area (Å²) in [7, 11) is 0. The van der Waals surface area contributed by atoms with Crippen LogP contribution in [-0.2, 0) is 6.61 Å². The molecule has 0 aromatic heterocycles. The third-order valence-corrected chi connectivity index (χ3v) is 3.83. The molecular formula is C20H18FNO. The number of rotatable bonds is 4. The second kappa shape index (κ2) is 6.63. The molecule has 3 aromatic rings. The minimum atomic E-state index is -0.245. The number of nitrogens with one attached hydrogen (secondary N) is 1. The normalized spacial score (nSPS) is 10.6. The lowest BCUT2D eigenvalue weighted by molar-refractivity contribution is 0.282. The van der Waals surface area contributed by atoms with Gasteiger partial charge in [-0.25, -0.2) is 4.39 Å². The highest BCUT2D eigenvalue weighted by Crippen LogP contribution is 2.28. The zero-order valence-electron chi connectivity index (χ0n) is 12.9. The van der Waals surface area contributed by atoms with E-state index in [1.165, 1.54) is 12.1 Å². The molecule has 0 aliphatic carbocycles. The van der Waals surface area contributed by atoms with Crippen LogP contribution >= 0.6 is 0 Å². The Hall–Kier alpha value is -2.65. The molecule has 0 bridgehead atoms. The summed E-state index contributed by atoms with van der Waals surface area (Å²) >= 11 is 0. The number of hydrogen-bond donors (Lipinski definition) is 2. The van der Waals surface area contributed by atoms with Crippen molar-refractivity contribution in [3.63, 3.8) is 0 Å². The topological polar surface area (TPSA) is 32.3 Å². The fourth-order valence-electron chi connectivity index (χ4n) is 2.43. The van der Waals surface area contributed by atoms with Gasteiger partial charge in [-0.05, 0) is 59.5 Å². The Balaban J connectivity index is 1.90. The Morgan fingerprint density at radius 3 is 2.17 bits per heavy atom. The molecule has 0 aliphatic rings. The lowest BCUT2D eigenvalue weighted by Crippen LogP contribution is -1.94. The third kappa shape index (κ3) is 3.58. The Morgan fingerprint density at radius 2 is 1.52 bits per heavy atom. The molecule has 0 unspecified atom stereocenters. The average molecular weight is 307 g/mol. The second-order valence-corrected chi connectivity index (χ2v) is 5.52. The van der Waals surface area contributed by atoms with Gasteiger partial charge in [0.1, 0.15) is 5.82 Å². The van der Waals surface area contributed by atoms with Crippen LogP contribution in [-0.4, -0.2) is 5.11 Å². The summed E-state index contributed by atoms with van der Waals surface area (Å²) in [6.07, 6.45) is 0. The van der Waals surface area contributed by atoms with E-state index in [0.29, 0.717) is 0 Å². The maximum atomic E-state index is 13.0. The summed E-state index contributed by atoms with van der Waals surface area (Å²) in [5, 5.41) is 12.5. The predicted octanol–water partition coefficient (Wildman–Crippen LogP) is 5.04. The SMILES string of the molecule is Cc1ccc(-c2ccc(CO)cc2)cc1Nc1ccc(F)cc1. The highest BCUT2D eigenvalue weighted by atomic mass is 19.1. The van der Waals surface area contributed by atoms with Crippen molar-refractivity contribution in [1.29, 1.82) is 0 Å². The van der Waals surface area contributed by atoms with Crippen LogP contribution in [0.15, 0.2) is 66.7 Å². The van der Waals surface area contributed by atoms with Crippen molar-refractivity contribution in [3.05, 3.63) is 83.7 Å². The van der Waals surface area contributed by atoms with Crippen molar-refractivity contribution >= 4 is 11.4 Å². The molecule has 0 saturated heterocycles. The number of anilines is 2. The number of benzene rings is 3. The summed E-state index contributed by atoms with van der Waals surface area (Å²) in [4.78, 5) is 0. The first-order valence-corrected chi connectivity index (χ1v) is 7.49. The van der Waals surface area contributed by atoms with E-state index in [-0.39, 0.29) is 12.4 Å². The molecule has 0 spiro atoms. The molecule has 0 radical (unpaired) electrons. The summed E-state index contributed by atoms with van der Waals surface area (Å²) in [5.74, 6) is -0.245. The van der Waals surface area contributed by atoms with Gasteiger partial charge in [0.15, 0.2) is 0 Å². The van der Waals surface area contributed by atoms with Crippen LogP contribution in [0.3, 0.4) is 0 Å². The highest BCUT2D eigenvalue weighted by Gasteiger charge is 2.04. The van der Waals surface area contributed by atoms with E-state index in [9.17, 15) is 4.39 Å². The van der Waals surface area contributed by atoms with Crippen LogP contribution in [0.5, 0.6) is 0 Å². The molecule has 3 rings (SSSR count). The van der Waals surface area contributed by atoms with Crippen molar-refractivity contribution in [2.75, 3.05) is 5.32 Å². The summed E-state index contributed by atoms with van der Waals surface area (Å²) in [5.41, 5.74) is 6.02. The highest BCUT2D eigenvalue weighted by molar-refractivity contribution is 5.73. The van der Waals surface area contributed by atoms with Gasteiger partial charge in [0.2, 0.25) is 0 Å². The molecule has 2 N–H and O–H groups in total. The minimum Gasteiger partial charge on any atom is -0.392 e. The summed E-state index contributed by atoms with van der Waals surface area (Å²) < 4.78 is 13.0. The molecular weight excluding hydrogens is 289 g/mol. The lowest BCUT2D eigenvalue weighted by Gasteiger charge is -2.12. The maximum absolute atomic E-state index is 13.0. The van der Waals surface area contributed by atoms with Gasteiger partial charge in [-0.3, -0.25) is 0 Å². The fourth-order valence-corrected chi connectivity index (χ4v) is 2.43. The summed E-state index contributed by atoms with van der Waals surface area (Å²) in [6.45, 7) is 2.08. The molecule has 0 aliphatic heterocycles. The van der Waals surface area contributed by atoms with Crippen LogP contribution < -0.4 is 5.32 Å². The first-order chi connectivity index (χ1) is 11.2. The lowest BCUT2D eigenvalue weighted by atomic mass is 10.0. The number of halogens is 1. The number of hydrogen-bond acceptors (Lipinski definition) is 2. The van der Waals surface area contributed by atoms with E-state index in [4.69, 9.17) is 5.11 Å². The molecule has 3 heteroatoms. The van der Waals surface area contributed by atoms with E-state index in [1.807, 2.05) is 31.2 Å². The Kier molecular flexibility index (Phi) is 4.40. The van der Waals surface area contributed by atoms with Crippen molar-refractivity contribution in [1.82, 2.24) is 0 Å². The quantitative estimate of drug-likeness (QED) is 0.708. The van der Waals surface area contributed by atoms with E-state index >= 15 is 0 Å². The smallest absolute Gasteiger partial charge is 0.123 e. The van der Waals surface area contributed by atoms with E-state index in [1.54, 1.807) is 12.1 Å². The minimum absolute atomic E-state index is 0.0472. The largest absolute Gasteiger partial charge is 0.392 e. The zero-order chi connectivity index (χ0) is 16.2. The van der Waals surface area contributed by atoms with Crippen molar-refractivity contribution in [2.24, 2.45) is 0 Å². The third-order valence-electron chi connectivity index (χ3n) is 3.83. The van der Waals surface area contributed by atoms with Gasteiger partial charge in [-0.1, -0.05) is 36.4 Å². The Labute approximate surface area is 135 Å². The fraction of sp³-hybridized carbons (Fsp3) is 0.100. The van der Waals surface area contributed by atoms with Crippen LogP contribution in [0.4, 0.5) is 15.8 Å². The van der Waals surface area contributed by atoms with Crippen LogP contribution in [0.25, 0.3) is 11.1 Å². The molecule has 2 nitrogen and oxygen atoms in total. The van der Waals surface area contributed by atoms with Gasteiger partial charge < -0.3 is 10.4 Å². The van der Waals surface area contributed by atoms with Gasteiger partial charge in [-0.15, -0.1) is 0 Å². The number of aliphatic hydroxyl groups is 1. The first-order valence-electron chi connectivity index (χ1n) is 7.49. The summed E-state index contributed by atoms with van der Waals surface area (Å²) in [6, 6.07) is 20.4. The average Bonchev–Trinajstić information content (AvgIpc) is 2.59. The Bertz CT molecular complexity index is 795. The van der Waals surface area contributed by atoms with Crippen molar-refractivity contribution in [2.45, 2.75) is 13.5 Å². The maximum Gasteiger partial charge on any atom is 0.123 e. The molecule has 0 heterocycles. The molecule has 0 saturated carbocycles. The van der Waals surface area contributed by atoms with Gasteiger partial charge >= 0.3 is 0 Å². The number of aryl methyl sites for hydroxylation is 1. The molecule has 0 atom stereocenters. The number of aliphatic hydroxyl groups excluding tert-OH is 1. The van der Waals surface area contributed by atoms with E-state index < -0.39 is 0 Å². The molecule has 23 heavy (non-hydrogen) atoms. The van der Waals surface area contributed by atoms with Crippen LogP contribution in [0, 0.1) is 12.7 Å². The van der Waals surface area contributed by atoms with Crippen LogP contribution in [0.2, 0.25) is 0 Å². The first kappa shape index (κ1) is 15.3. The standard InChI is InChI=1S/C20H18FNO/c1-14-2-5-17(16-6-3-15(13-23)4-7-16)12-20(14)22-19-10-8-18(21)9-11-19/h2-12,22-23H,13H2,1H3. The molecule has 0 amide bonds. The van der Waals surface area contributed by atoms with Gasteiger partial charge in [-0.2, -0.15) is 0 Å². The van der Waals surface area contributed by atoms with Crippen molar-refractivity contribution < 1.29 is 9.50 Å². The Morgan fingerprint density at radius 1 is 0.870 bits per heavy atom. The van der Waals surface area contributed by atoms with Crippen LogP contribution in [0.1, 0.15) is 11.1 Å². The molecule has 3 aromatic carbocycles. The molecule has 116 valence electrons. The van der Waals surface area contributed by atoms with Gasteiger partial charge in [0, 0.05) is 11.4 Å². The predicted molar refractivity (Wildman–Crippen MR) is 92.2 cm³/mol. The molecule has 0 fully saturated rings. The van der Waals surface area contributed by atoms with Gasteiger partial charge in [0.05, 0.1) is 6.61 Å². The van der Waals surface area contributed by atoms with Crippen molar-refractivity contribution in [3.8, 4) is 11.1 Å². The van der Waals surface area contributed by atoms with E-state index in [0.717, 1.165) is 33.6 Å². The van der Waals surface area contributed by atoms with Gasteiger partial charge in [0.25, 0.3) is 0 Å². The second-order valence-electron chi connectivity index (χ2n) is 5.52. The monoisotopic (exact) mass is 307 g/mol.